The van der Waals surface area contributed by atoms with Gasteiger partial charge in [-0.2, -0.15) is 0 Å². The van der Waals surface area contributed by atoms with Crippen LogP contribution < -0.4 is 10.6 Å². The third kappa shape index (κ3) is 1.73. The third-order valence-corrected chi connectivity index (χ3v) is 3.55. The van der Waals surface area contributed by atoms with Crippen molar-refractivity contribution in [3.63, 3.8) is 0 Å². The van der Waals surface area contributed by atoms with Crippen LogP contribution in [0.25, 0.3) is 11.0 Å². The molecule has 3 N–H and O–H groups in total. The van der Waals surface area contributed by atoms with Gasteiger partial charge in [-0.3, -0.25) is 0 Å². The summed E-state index contributed by atoms with van der Waals surface area (Å²) in [5.74, 6) is 1.71. The fourth-order valence-corrected chi connectivity index (χ4v) is 2.74. The van der Waals surface area contributed by atoms with Crippen LogP contribution in [0.15, 0.2) is 18.2 Å². The second-order valence-electron chi connectivity index (χ2n) is 5.18. The van der Waals surface area contributed by atoms with Crippen LogP contribution >= 0.6 is 0 Å². The van der Waals surface area contributed by atoms with E-state index in [9.17, 15) is 0 Å². The van der Waals surface area contributed by atoms with Gasteiger partial charge in [0.1, 0.15) is 0 Å². The van der Waals surface area contributed by atoms with E-state index in [2.05, 4.69) is 28.7 Å². The number of nitrogens with zero attached hydrogens (tertiary/aromatic N) is 2. The Hall–Kier alpha value is -1.71. The van der Waals surface area contributed by atoms with Gasteiger partial charge in [-0.25, -0.2) is 4.98 Å². The quantitative estimate of drug-likeness (QED) is 0.739. The molecule has 0 bridgehead atoms. The van der Waals surface area contributed by atoms with Crippen molar-refractivity contribution in [3.8, 4) is 0 Å². The van der Waals surface area contributed by atoms with E-state index in [-0.39, 0.29) is 0 Å². The Labute approximate surface area is 101 Å². The number of aromatic nitrogens is 2. The van der Waals surface area contributed by atoms with Crippen LogP contribution in [0.1, 0.15) is 20.3 Å². The lowest BCUT2D eigenvalue weighted by atomic mass is 10.1. The molecule has 4 nitrogen and oxygen atoms in total. The van der Waals surface area contributed by atoms with E-state index < -0.39 is 0 Å². The van der Waals surface area contributed by atoms with Crippen LogP contribution in [0.4, 0.5) is 11.6 Å². The molecule has 0 amide bonds. The fourth-order valence-electron chi connectivity index (χ4n) is 2.74. The number of benzene rings is 1. The first-order valence-electron chi connectivity index (χ1n) is 6.15. The third-order valence-electron chi connectivity index (χ3n) is 3.55. The molecule has 0 spiro atoms. The zero-order valence-corrected chi connectivity index (χ0v) is 10.3. The summed E-state index contributed by atoms with van der Waals surface area (Å²) >= 11 is 0. The average Bonchev–Trinajstić information content (AvgIpc) is 2.80. The van der Waals surface area contributed by atoms with Crippen LogP contribution in [-0.4, -0.2) is 22.6 Å². The summed E-state index contributed by atoms with van der Waals surface area (Å²) in [6, 6.07) is 6.36. The van der Waals surface area contributed by atoms with Crippen molar-refractivity contribution in [2.24, 2.45) is 5.92 Å². The lowest BCUT2D eigenvalue weighted by Crippen LogP contribution is -2.27. The molecule has 1 aromatic heterocycles. The van der Waals surface area contributed by atoms with E-state index >= 15 is 0 Å². The van der Waals surface area contributed by atoms with E-state index in [1.165, 1.54) is 6.42 Å². The second kappa shape index (κ2) is 3.65. The van der Waals surface area contributed by atoms with Crippen molar-refractivity contribution in [2.45, 2.75) is 26.3 Å². The Morgan fingerprint density at radius 2 is 2.24 bits per heavy atom. The first-order chi connectivity index (χ1) is 8.13. The first-order valence-corrected chi connectivity index (χ1v) is 6.15. The van der Waals surface area contributed by atoms with Gasteiger partial charge in [0.05, 0.1) is 11.0 Å². The maximum atomic E-state index is 5.77. The molecule has 4 heteroatoms. The van der Waals surface area contributed by atoms with Crippen molar-refractivity contribution >= 4 is 22.7 Å². The second-order valence-corrected chi connectivity index (χ2v) is 5.18. The minimum atomic E-state index is 0.558. The molecule has 2 aromatic rings. The SMILES string of the molecule is CC1CC(C)N(c2nc3ccc(N)cc3[nH]2)C1. The molecule has 90 valence electrons. The number of aromatic amines is 1. The molecule has 17 heavy (non-hydrogen) atoms. The number of fused-ring (bicyclic) bond motifs is 1. The van der Waals surface area contributed by atoms with E-state index in [0.717, 1.165) is 35.1 Å². The number of rotatable bonds is 1. The number of anilines is 2. The Kier molecular flexibility index (Phi) is 2.24. The van der Waals surface area contributed by atoms with Crippen molar-refractivity contribution in [1.82, 2.24) is 9.97 Å². The van der Waals surface area contributed by atoms with Gasteiger partial charge in [0.25, 0.3) is 0 Å². The van der Waals surface area contributed by atoms with Crippen LogP contribution in [0, 0.1) is 5.92 Å². The van der Waals surface area contributed by atoms with Crippen molar-refractivity contribution in [3.05, 3.63) is 18.2 Å². The molecule has 1 aliphatic rings. The number of nitrogens with two attached hydrogens (primary N) is 1. The summed E-state index contributed by atoms with van der Waals surface area (Å²) in [6.45, 7) is 5.62. The van der Waals surface area contributed by atoms with Gasteiger partial charge in [0, 0.05) is 18.3 Å². The normalized spacial score (nSPS) is 24.7. The molecule has 1 aromatic carbocycles. The predicted molar refractivity (Wildman–Crippen MR) is 71.1 cm³/mol. The summed E-state index contributed by atoms with van der Waals surface area (Å²) in [6.07, 6.45) is 1.24. The number of nitrogen functional groups attached to an aromatic ring is 1. The Balaban J connectivity index is 2.01. The van der Waals surface area contributed by atoms with E-state index in [1.807, 2.05) is 18.2 Å². The van der Waals surface area contributed by atoms with E-state index in [1.54, 1.807) is 0 Å². The molecule has 3 rings (SSSR count). The topological polar surface area (TPSA) is 57.9 Å². The van der Waals surface area contributed by atoms with Gasteiger partial charge in [0.2, 0.25) is 5.95 Å². The molecule has 2 unspecified atom stereocenters. The molecule has 2 heterocycles. The van der Waals surface area contributed by atoms with Crippen molar-refractivity contribution in [2.75, 3.05) is 17.2 Å². The highest BCUT2D eigenvalue weighted by molar-refractivity contribution is 5.81. The number of H-pyrrole nitrogens is 1. The van der Waals surface area contributed by atoms with Crippen LogP contribution in [0.2, 0.25) is 0 Å². The minimum Gasteiger partial charge on any atom is -0.399 e. The van der Waals surface area contributed by atoms with Gasteiger partial charge in [0.15, 0.2) is 0 Å². The highest BCUT2D eigenvalue weighted by atomic mass is 15.3. The highest BCUT2D eigenvalue weighted by Gasteiger charge is 2.28. The molecule has 1 saturated heterocycles. The molecule has 2 atom stereocenters. The van der Waals surface area contributed by atoms with E-state index in [0.29, 0.717) is 6.04 Å². The zero-order chi connectivity index (χ0) is 12.0. The summed E-state index contributed by atoms with van der Waals surface area (Å²) in [7, 11) is 0. The van der Waals surface area contributed by atoms with Crippen LogP contribution in [0.3, 0.4) is 0 Å². The molecular weight excluding hydrogens is 212 g/mol. The monoisotopic (exact) mass is 230 g/mol. The fraction of sp³-hybridized carbons (Fsp3) is 0.462. The number of imidazole rings is 1. The Morgan fingerprint density at radius 1 is 1.41 bits per heavy atom. The van der Waals surface area contributed by atoms with E-state index in [4.69, 9.17) is 5.73 Å². The highest BCUT2D eigenvalue weighted by Crippen LogP contribution is 2.28. The maximum Gasteiger partial charge on any atom is 0.204 e. The Bertz CT molecular complexity index is 545. The number of nitrogens with one attached hydrogen (secondary N) is 1. The molecule has 0 saturated carbocycles. The molecule has 1 aliphatic heterocycles. The van der Waals surface area contributed by atoms with Gasteiger partial charge >= 0.3 is 0 Å². The average molecular weight is 230 g/mol. The predicted octanol–water partition coefficient (Wildman–Crippen LogP) is 2.38. The van der Waals surface area contributed by atoms with Gasteiger partial charge in [-0.05, 0) is 37.5 Å². The largest absolute Gasteiger partial charge is 0.399 e. The molecular formula is C13H18N4. The van der Waals surface area contributed by atoms with Gasteiger partial charge in [-0.15, -0.1) is 0 Å². The minimum absolute atomic E-state index is 0.558. The number of hydrogen-bond donors (Lipinski definition) is 2. The standard InChI is InChI=1S/C13H18N4/c1-8-5-9(2)17(7-8)13-15-11-4-3-10(14)6-12(11)16-13/h3-4,6,8-9H,5,7,14H2,1-2H3,(H,15,16). The molecule has 0 radical (unpaired) electrons. The smallest absolute Gasteiger partial charge is 0.204 e. The van der Waals surface area contributed by atoms with Gasteiger partial charge < -0.3 is 15.6 Å². The van der Waals surface area contributed by atoms with Crippen molar-refractivity contribution < 1.29 is 0 Å². The lowest BCUT2D eigenvalue weighted by molar-refractivity contribution is 0.625. The number of hydrogen-bond acceptors (Lipinski definition) is 3. The summed E-state index contributed by atoms with van der Waals surface area (Å²) in [5.41, 5.74) is 8.56. The first kappa shape index (κ1) is 10.4. The van der Waals surface area contributed by atoms with Crippen LogP contribution in [0.5, 0.6) is 0 Å². The van der Waals surface area contributed by atoms with Crippen LogP contribution in [-0.2, 0) is 0 Å². The van der Waals surface area contributed by atoms with Crippen molar-refractivity contribution in [1.29, 1.82) is 0 Å². The molecule has 1 fully saturated rings. The lowest BCUT2D eigenvalue weighted by Gasteiger charge is -2.20. The summed E-state index contributed by atoms with van der Waals surface area (Å²) in [5, 5.41) is 0. The molecule has 0 aliphatic carbocycles. The maximum absolute atomic E-state index is 5.77. The summed E-state index contributed by atoms with van der Waals surface area (Å²) in [4.78, 5) is 10.3. The Morgan fingerprint density at radius 3 is 2.94 bits per heavy atom. The van der Waals surface area contributed by atoms with Gasteiger partial charge in [-0.1, -0.05) is 6.92 Å². The summed E-state index contributed by atoms with van der Waals surface area (Å²) < 4.78 is 0. The zero-order valence-electron chi connectivity index (χ0n) is 10.3.